The molecule has 0 bridgehead atoms. The lowest BCUT2D eigenvalue weighted by molar-refractivity contribution is 0.0928. The summed E-state index contributed by atoms with van der Waals surface area (Å²) in [5.74, 6) is 0.516. The van der Waals surface area contributed by atoms with E-state index in [1.807, 2.05) is 56.9 Å². The predicted molar refractivity (Wildman–Crippen MR) is 128 cm³/mol. The number of carbonyl (C=O) groups is 2. The van der Waals surface area contributed by atoms with Crippen LogP contribution in [0.15, 0.2) is 48.5 Å². The van der Waals surface area contributed by atoms with E-state index >= 15 is 0 Å². The normalized spacial score (nSPS) is 13.3. The average Bonchev–Trinajstić information content (AvgIpc) is 3.08. The van der Waals surface area contributed by atoms with Gasteiger partial charge in [-0.1, -0.05) is 60.3 Å². The Morgan fingerprint density at radius 1 is 0.806 bits per heavy atom. The topological polar surface area (TPSA) is 49.9 Å². The molecule has 6 heteroatoms. The molecule has 3 rings (SSSR count). The van der Waals surface area contributed by atoms with Gasteiger partial charge in [-0.25, -0.2) is 4.79 Å². The minimum absolute atomic E-state index is 0.0568. The Morgan fingerprint density at radius 3 is 1.77 bits per heavy atom. The zero-order valence-electron chi connectivity index (χ0n) is 18.9. The van der Waals surface area contributed by atoms with Crippen molar-refractivity contribution in [2.24, 2.45) is 0 Å². The van der Waals surface area contributed by atoms with Crippen LogP contribution in [0.4, 0.5) is 9.59 Å². The van der Waals surface area contributed by atoms with Crippen molar-refractivity contribution in [2.45, 2.75) is 33.1 Å². The van der Waals surface area contributed by atoms with Gasteiger partial charge < -0.3 is 14.5 Å². The van der Waals surface area contributed by atoms with Gasteiger partial charge in [-0.15, -0.1) is 0 Å². The van der Waals surface area contributed by atoms with Gasteiger partial charge in [0.2, 0.25) is 0 Å². The lowest BCUT2D eigenvalue weighted by Crippen LogP contribution is -2.40. The third kappa shape index (κ3) is 4.45. The molecule has 0 spiro atoms. The van der Waals surface area contributed by atoms with Gasteiger partial charge in [0, 0.05) is 31.9 Å². The van der Waals surface area contributed by atoms with Crippen molar-refractivity contribution in [3.63, 3.8) is 0 Å². The molecule has 0 aliphatic heterocycles. The summed E-state index contributed by atoms with van der Waals surface area (Å²) in [5, 5.41) is 0.0568. The second-order valence-corrected chi connectivity index (χ2v) is 8.55. The summed E-state index contributed by atoms with van der Waals surface area (Å²) in [6.07, 6.45) is -0.314. The molecule has 1 aliphatic rings. The van der Waals surface area contributed by atoms with Crippen LogP contribution < -0.4 is 0 Å². The second-order valence-electron chi connectivity index (χ2n) is 7.63. The average molecular weight is 441 g/mol. The van der Waals surface area contributed by atoms with E-state index in [2.05, 4.69) is 24.3 Å². The lowest BCUT2D eigenvalue weighted by atomic mass is 9.81. The van der Waals surface area contributed by atoms with Gasteiger partial charge in [0.25, 0.3) is 5.24 Å². The number of benzene rings is 2. The molecule has 0 fully saturated rings. The SMILES string of the molecule is CCN(CC)C(=O)OCC1(CSC(=O)N(CC)CC)c2ccccc2-c2ccccc21. The van der Waals surface area contributed by atoms with Crippen LogP contribution in [0.1, 0.15) is 38.8 Å². The Morgan fingerprint density at radius 2 is 1.29 bits per heavy atom. The first kappa shape index (κ1) is 23.2. The quantitative estimate of drug-likeness (QED) is 0.534. The fourth-order valence-electron chi connectivity index (χ4n) is 4.28. The summed E-state index contributed by atoms with van der Waals surface area (Å²) in [5.41, 5.74) is 3.95. The summed E-state index contributed by atoms with van der Waals surface area (Å²) < 4.78 is 5.88. The van der Waals surface area contributed by atoms with Crippen LogP contribution in [0.25, 0.3) is 11.1 Å². The molecule has 0 atom stereocenters. The molecule has 5 nitrogen and oxygen atoms in total. The van der Waals surface area contributed by atoms with Crippen molar-refractivity contribution in [2.75, 3.05) is 38.5 Å². The highest BCUT2D eigenvalue weighted by atomic mass is 32.2. The van der Waals surface area contributed by atoms with Crippen molar-refractivity contribution in [1.82, 2.24) is 9.80 Å². The molecule has 31 heavy (non-hydrogen) atoms. The van der Waals surface area contributed by atoms with Gasteiger partial charge in [0.15, 0.2) is 0 Å². The van der Waals surface area contributed by atoms with Gasteiger partial charge in [0.1, 0.15) is 6.61 Å². The molecule has 0 aromatic heterocycles. The molecule has 2 aromatic carbocycles. The minimum Gasteiger partial charge on any atom is -0.448 e. The van der Waals surface area contributed by atoms with E-state index in [1.165, 1.54) is 11.8 Å². The number of fused-ring (bicyclic) bond motifs is 3. The summed E-state index contributed by atoms with van der Waals surface area (Å²) in [6.45, 7) is 10.6. The van der Waals surface area contributed by atoms with Crippen molar-refractivity contribution < 1.29 is 14.3 Å². The number of hydrogen-bond acceptors (Lipinski definition) is 4. The molecule has 1 aliphatic carbocycles. The van der Waals surface area contributed by atoms with Crippen molar-refractivity contribution in [3.05, 3.63) is 59.7 Å². The Hall–Kier alpha value is -2.47. The standard InChI is InChI=1S/C25H32N2O3S/c1-5-26(6-2)23(28)30-17-25(18-31-24(29)27(7-3)8-4)21-15-11-9-13-19(21)20-14-10-12-16-22(20)25/h9-16H,5-8,17-18H2,1-4H3. The number of thioether (sulfide) groups is 1. The summed E-state index contributed by atoms with van der Waals surface area (Å²) in [4.78, 5) is 29.0. The van der Waals surface area contributed by atoms with Crippen LogP contribution in [0.3, 0.4) is 0 Å². The van der Waals surface area contributed by atoms with E-state index in [0.717, 1.165) is 22.3 Å². The van der Waals surface area contributed by atoms with Crippen LogP contribution in [-0.4, -0.2) is 59.7 Å². The number of rotatable bonds is 8. The van der Waals surface area contributed by atoms with E-state index in [-0.39, 0.29) is 17.9 Å². The first-order chi connectivity index (χ1) is 15.0. The highest BCUT2D eigenvalue weighted by Crippen LogP contribution is 2.50. The first-order valence-corrected chi connectivity index (χ1v) is 12.0. The number of carbonyl (C=O) groups excluding carboxylic acids is 2. The van der Waals surface area contributed by atoms with E-state index in [9.17, 15) is 9.59 Å². The molecule has 0 radical (unpaired) electrons. The fraction of sp³-hybridized carbons (Fsp3) is 0.440. The van der Waals surface area contributed by atoms with E-state index in [4.69, 9.17) is 4.74 Å². The van der Waals surface area contributed by atoms with Gasteiger partial charge >= 0.3 is 6.09 Å². The molecular weight excluding hydrogens is 408 g/mol. The van der Waals surface area contributed by atoms with Crippen molar-refractivity contribution >= 4 is 23.1 Å². The molecular formula is C25H32N2O3S. The second kappa shape index (κ2) is 10.2. The largest absolute Gasteiger partial charge is 0.448 e. The number of amides is 2. The van der Waals surface area contributed by atoms with Gasteiger partial charge in [-0.05, 0) is 49.9 Å². The fourth-order valence-corrected chi connectivity index (χ4v) is 5.49. The summed E-state index contributed by atoms with van der Waals surface area (Å²) in [7, 11) is 0. The van der Waals surface area contributed by atoms with Crippen LogP contribution >= 0.6 is 11.8 Å². The highest BCUT2D eigenvalue weighted by Gasteiger charge is 2.45. The van der Waals surface area contributed by atoms with E-state index in [1.54, 1.807) is 4.90 Å². The summed E-state index contributed by atoms with van der Waals surface area (Å²) >= 11 is 1.31. The van der Waals surface area contributed by atoms with Crippen LogP contribution in [0.5, 0.6) is 0 Å². The molecule has 0 saturated carbocycles. The molecule has 0 unspecified atom stereocenters. The third-order valence-corrected chi connectivity index (χ3v) is 7.25. The molecule has 0 N–H and O–H groups in total. The van der Waals surface area contributed by atoms with Gasteiger partial charge in [0.05, 0.1) is 5.41 Å². The Balaban J connectivity index is 1.99. The maximum Gasteiger partial charge on any atom is 0.409 e. The van der Waals surface area contributed by atoms with Crippen LogP contribution in [0.2, 0.25) is 0 Å². The van der Waals surface area contributed by atoms with Crippen LogP contribution in [0, 0.1) is 0 Å². The molecule has 2 aromatic rings. The number of nitrogens with zero attached hydrogens (tertiary/aromatic N) is 2. The smallest absolute Gasteiger partial charge is 0.409 e. The maximum absolute atomic E-state index is 12.8. The molecule has 166 valence electrons. The number of ether oxygens (including phenoxy) is 1. The first-order valence-electron chi connectivity index (χ1n) is 11.0. The highest BCUT2D eigenvalue weighted by molar-refractivity contribution is 8.13. The lowest BCUT2D eigenvalue weighted by Gasteiger charge is -2.32. The Kier molecular flexibility index (Phi) is 7.65. The summed E-state index contributed by atoms with van der Waals surface area (Å²) in [6, 6.07) is 16.5. The zero-order chi connectivity index (χ0) is 22.4. The third-order valence-electron chi connectivity index (χ3n) is 6.10. The molecule has 0 heterocycles. The predicted octanol–water partition coefficient (Wildman–Crippen LogP) is 5.63. The Labute approximate surface area is 189 Å². The number of hydrogen-bond donors (Lipinski definition) is 0. The molecule has 0 saturated heterocycles. The maximum atomic E-state index is 12.8. The minimum atomic E-state index is -0.566. The Bertz CT molecular complexity index is 847. The van der Waals surface area contributed by atoms with Crippen molar-refractivity contribution in [1.29, 1.82) is 0 Å². The van der Waals surface area contributed by atoms with E-state index in [0.29, 0.717) is 31.9 Å². The van der Waals surface area contributed by atoms with Gasteiger partial charge in [-0.3, -0.25) is 4.79 Å². The van der Waals surface area contributed by atoms with Crippen molar-refractivity contribution in [3.8, 4) is 11.1 Å². The molecule has 2 amide bonds. The van der Waals surface area contributed by atoms with Gasteiger partial charge in [-0.2, -0.15) is 0 Å². The van der Waals surface area contributed by atoms with E-state index < -0.39 is 5.41 Å². The zero-order valence-corrected chi connectivity index (χ0v) is 19.7. The monoisotopic (exact) mass is 440 g/mol. The van der Waals surface area contributed by atoms with Crippen LogP contribution in [-0.2, 0) is 10.2 Å².